The lowest BCUT2D eigenvalue weighted by Crippen LogP contribution is -2.51. The maximum atomic E-state index is 12.2. The van der Waals surface area contributed by atoms with Gasteiger partial charge in [0.05, 0.1) is 23.9 Å². The maximum absolute atomic E-state index is 12.2. The van der Waals surface area contributed by atoms with E-state index in [1.54, 1.807) is 13.2 Å². The average Bonchev–Trinajstić information content (AvgIpc) is 2.81. The van der Waals surface area contributed by atoms with E-state index in [-0.39, 0.29) is 12.5 Å². The molecule has 0 saturated carbocycles. The van der Waals surface area contributed by atoms with Crippen LogP contribution in [0.1, 0.15) is 6.42 Å². The summed E-state index contributed by atoms with van der Waals surface area (Å²) in [4.78, 5) is 12.2. The Balaban J connectivity index is 2.21. The van der Waals surface area contributed by atoms with Crippen molar-refractivity contribution in [2.75, 3.05) is 25.6 Å². The van der Waals surface area contributed by atoms with Gasteiger partial charge in [0.25, 0.3) is 0 Å². The number of hydrogen-bond acceptors (Lipinski definition) is 4. The molecular weight excluding hydrogens is 380 g/mol. The molecule has 1 atom stereocenters. The molecule has 7 heteroatoms. The largest absolute Gasteiger partial charge is 0.495 e. The van der Waals surface area contributed by atoms with Crippen molar-refractivity contribution in [3.05, 3.63) is 21.1 Å². The Morgan fingerprint density at radius 2 is 2.21 bits per heavy atom. The van der Waals surface area contributed by atoms with Gasteiger partial charge in [-0.3, -0.25) is 4.79 Å². The second-order valence-corrected chi connectivity index (χ2v) is 6.09. The third-order valence-corrected chi connectivity index (χ3v) is 4.27. The van der Waals surface area contributed by atoms with Crippen molar-refractivity contribution >= 4 is 43.5 Å². The monoisotopic (exact) mass is 392 g/mol. The molecule has 5 nitrogen and oxygen atoms in total. The van der Waals surface area contributed by atoms with Crippen LogP contribution in [0.25, 0.3) is 0 Å². The zero-order valence-electron chi connectivity index (χ0n) is 10.3. The number of carbonyl (C=O) groups is 1. The van der Waals surface area contributed by atoms with Crippen molar-refractivity contribution < 1.29 is 14.3 Å². The highest BCUT2D eigenvalue weighted by atomic mass is 79.9. The third kappa shape index (κ3) is 3.10. The van der Waals surface area contributed by atoms with Gasteiger partial charge < -0.3 is 20.5 Å². The van der Waals surface area contributed by atoms with E-state index in [1.165, 1.54) is 0 Å². The van der Waals surface area contributed by atoms with Crippen LogP contribution in [0.4, 0.5) is 5.69 Å². The Kier molecular flexibility index (Phi) is 4.50. The predicted octanol–water partition coefficient (Wildman–Crippen LogP) is 2.28. The summed E-state index contributed by atoms with van der Waals surface area (Å²) < 4.78 is 11.9. The number of ether oxygens (including phenoxy) is 2. The number of hydrogen-bond donors (Lipinski definition) is 2. The first kappa shape index (κ1) is 14.8. The molecule has 1 heterocycles. The molecule has 1 aromatic rings. The smallest absolute Gasteiger partial charge is 0.246 e. The molecule has 2 rings (SSSR count). The van der Waals surface area contributed by atoms with Crippen LogP contribution in [0.2, 0.25) is 0 Å². The predicted molar refractivity (Wildman–Crippen MR) is 79.4 cm³/mol. The molecule has 1 fully saturated rings. The second kappa shape index (κ2) is 5.78. The van der Waals surface area contributed by atoms with Gasteiger partial charge in [-0.15, -0.1) is 0 Å². The lowest BCUT2D eigenvalue weighted by Gasteiger charge is -2.21. The fraction of sp³-hybridized carbons (Fsp3) is 0.417. The first-order chi connectivity index (χ1) is 8.96. The molecular formula is C12H14Br2N2O3. The third-order valence-electron chi connectivity index (χ3n) is 2.99. The number of methoxy groups -OCH3 is 1. The summed E-state index contributed by atoms with van der Waals surface area (Å²) in [5, 5.41) is 2.80. The SMILES string of the molecule is COc1cc(NC(=O)C2(N)CCOC2)c(Br)cc1Br. The zero-order chi connectivity index (χ0) is 14.0. The van der Waals surface area contributed by atoms with E-state index in [1.807, 2.05) is 6.07 Å². The van der Waals surface area contributed by atoms with Crippen LogP contribution in [-0.4, -0.2) is 31.8 Å². The summed E-state index contributed by atoms with van der Waals surface area (Å²) >= 11 is 6.76. The van der Waals surface area contributed by atoms with Crippen LogP contribution in [0.15, 0.2) is 21.1 Å². The highest BCUT2D eigenvalue weighted by molar-refractivity contribution is 9.11. The summed E-state index contributed by atoms with van der Waals surface area (Å²) in [6, 6.07) is 3.54. The molecule has 1 saturated heterocycles. The zero-order valence-corrected chi connectivity index (χ0v) is 13.5. The fourth-order valence-electron chi connectivity index (χ4n) is 1.79. The van der Waals surface area contributed by atoms with Gasteiger partial charge in [0.15, 0.2) is 0 Å². The van der Waals surface area contributed by atoms with E-state index in [2.05, 4.69) is 37.2 Å². The Bertz CT molecular complexity index is 502. The molecule has 1 aromatic carbocycles. The molecule has 0 spiro atoms. The van der Waals surface area contributed by atoms with Crippen LogP contribution >= 0.6 is 31.9 Å². The summed E-state index contributed by atoms with van der Waals surface area (Å²) in [7, 11) is 1.56. The summed E-state index contributed by atoms with van der Waals surface area (Å²) in [5.41, 5.74) is 5.66. The first-order valence-electron chi connectivity index (χ1n) is 5.67. The fourth-order valence-corrected chi connectivity index (χ4v) is 3.04. The van der Waals surface area contributed by atoms with Gasteiger partial charge in [-0.25, -0.2) is 0 Å². The van der Waals surface area contributed by atoms with E-state index >= 15 is 0 Å². The highest BCUT2D eigenvalue weighted by Crippen LogP contribution is 2.35. The minimum Gasteiger partial charge on any atom is -0.495 e. The van der Waals surface area contributed by atoms with Crippen LogP contribution < -0.4 is 15.8 Å². The quantitative estimate of drug-likeness (QED) is 0.826. The first-order valence-corrected chi connectivity index (χ1v) is 7.26. The van der Waals surface area contributed by atoms with Gasteiger partial charge in [0, 0.05) is 17.1 Å². The van der Waals surface area contributed by atoms with E-state index in [0.717, 1.165) is 8.95 Å². The molecule has 104 valence electrons. The minimum absolute atomic E-state index is 0.240. The van der Waals surface area contributed by atoms with Gasteiger partial charge in [-0.1, -0.05) is 0 Å². The van der Waals surface area contributed by atoms with Gasteiger partial charge in [-0.05, 0) is 44.3 Å². The molecule has 1 aliphatic heterocycles. The van der Waals surface area contributed by atoms with Gasteiger partial charge in [-0.2, -0.15) is 0 Å². The van der Waals surface area contributed by atoms with Crippen molar-refractivity contribution in [3.63, 3.8) is 0 Å². The number of halogens is 2. The normalized spacial score (nSPS) is 22.3. The number of nitrogens with one attached hydrogen (secondary N) is 1. The molecule has 0 aliphatic carbocycles. The van der Waals surface area contributed by atoms with Gasteiger partial charge >= 0.3 is 0 Å². The van der Waals surface area contributed by atoms with Crippen molar-refractivity contribution in [2.24, 2.45) is 5.73 Å². The van der Waals surface area contributed by atoms with E-state index < -0.39 is 5.54 Å². The van der Waals surface area contributed by atoms with Crippen molar-refractivity contribution in [2.45, 2.75) is 12.0 Å². The Morgan fingerprint density at radius 1 is 1.47 bits per heavy atom. The van der Waals surface area contributed by atoms with Crippen molar-refractivity contribution in [1.29, 1.82) is 0 Å². The van der Waals surface area contributed by atoms with E-state index in [4.69, 9.17) is 15.2 Å². The maximum Gasteiger partial charge on any atom is 0.246 e. The summed E-state index contributed by atoms with van der Waals surface area (Å²) in [6.07, 6.45) is 0.518. The average molecular weight is 394 g/mol. The molecule has 3 N–H and O–H groups in total. The highest BCUT2D eigenvalue weighted by Gasteiger charge is 2.38. The number of carbonyl (C=O) groups excluding carboxylic acids is 1. The standard InChI is InChI=1S/C12H14Br2N2O3/c1-18-10-5-9(7(13)4-8(10)14)16-11(17)12(15)2-3-19-6-12/h4-5H,2-3,6,15H2,1H3,(H,16,17). The second-order valence-electron chi connectivity index (χ2n) is 4.38. The molecule has 1 amide bonds. The Hall–Kier alpha value is -0.630. The number of amides is 1. The molecule has 0 bridgehead atoms. The summed E-state index contributed by atoms with van der Waals surface area (Å²) in [5.74, 6) is 0.377. The van der Waals surface area contributed by atoms with Gasteiger partial charge in [0.2, 0.25) is 5.91 Å². The van der Waals surface area contributed by atoms with Crippen LogP contribution in [0.5, 0.6) is 5.75 Å². The topological polar surface area (TPSA) is 73.6 Å². The van der Waals surface area contributed by atoms with E-state index in [9.17, 15) is 4.79 Å². The number of rotatable bonds is 3. The molecule has 1 unspecified atom stereocenters. The number of nitrogens with two attached hydrogens (primary N) is 1. The number of anilines is 1. The van der Waals surface area contributed by atoms with Crippen LogP contribution in [0.3, 0.4) is 0 Å². The molecule has 19 heavy (non-hydrogen) atoms. The lowest BCUT2D eigenvalue weighted by atomic mass is 9.99. The van der Waals surface area contributed by atoms with Crippen molar-refractivity contribution in [3.8, 4) is 5.75 Å². The van der Waals surface area contributed by atoms with Crippen LogP contribution in [-0.2, 0) is 9.53 Å². The molecule has 0 aromatic heterocycles. The van der Waals surface area contributed by atoms with Gasteiger partial charge in [0.1, 0.15) is 11.3 Å². The molecule has 1 aliphatic rings. The van der Waals surface area contributed by atoms with Crippen molar-refractivity contribution in [1.82, 2.24) is 0 Å². The lowest BCUT2D eigenvalue weighted by molar-refractivity contribution is -0.121. The Labute approximate surface area is 128 Å². The van der Waals surface area contributed by atoms with Crippen LogP contribution in [0, 0.1) is 0 Å². The molecule has 0 radical (unpaired) electrons. The summed E-state index contributed by atoms with van der Waals surface area (Å²) in [6.45, 7) is 0.749. The Morgan fingerprint density at radius 3 is 2.79 bits per heavy atom. The number of benzene rings is 1. The van der Waals surface area contributed by atoms with E-state index in [0.29, 0.717) is 24.5 Å². The minimum atomic E-state index is -0.959.